The third-order valence-corrected chi connectivity index (χ3v) is 1.81. The minimum Gasteiger partial charge on any atom is -0.399 e. The largest absolute Gasteiger partial charge is 0.399 e. The van der Waals surface area contributed by atoms with Crippen LogP contribution >= 0.6 is 0 Å². The van der Waals surface area contributed by atoms with E-state index in [0.717, 1.165) is 11.3 Å². The quantitative estimate of drug-likeness (QED) is 0.514. The summed E-state index contributed by atoms with van der Waals surface area (Å²) in [5.41, 5.74) is 2.11. The molecule has 70 valence electrons. The fraction of sp³-hybridized carbons (Fsp3) is 0.364. The average molecular weight is 177 g/mol. The van der Waals surface area contributed by atoms with Gasteiger partial charge in [-0.15, -0.1) is 0 Å². The van der Waals surface area contributed by atoms with Crippen LogP contribution in [0.4, 0.5) is 0 Å². The van der Waals surface area contributed by atoms with Gasteiger partial charge >= 0.3 is 0 Å². The van der Waals surface area contributed by atoms with E-state index in [-0.39, 0.29) is 0 Å². The Morgan fingerprint density at radius 3 is 2.31 bits per heavy atom. The van der Waals surface area contributed by atoms with Crippen molar-refractivity contribution in [3.05, 3.63) is 35.9 Å². The van der Waals surface area contributed by atoms with Crippen LogP contribution in [-0.2, 0) is 4.84 Å². The predicted octanol–water partition coefficient (Wildman–Crippen LogP) is 2.69. The monoisotopic (exact) mass is 177 g/mol. The van der Waals surface area contributed by atoms with Crippen LogP contribution < -0.4 is 0 Å². The number of benzene rings is 1. The van der Waals surface area contributed by atoms with Crippen molar-refractivity contribution in [2.24, 2.45) is 11.1 Å². The first-order chi connectivity index (χ1) is 6.25. The Kier molecular flexibility index (Phi) is 3.50. The van der Waals surface area contributed by atoms with Gasteiger partial charge in [0.1, 0.15) is 7.11 Å². The number of nitrogens with zero attached hydrogens (tertiary/aromatic N) is 1. The first-order valence-electron chi connectivity index (χ1n) is 4.42. The van der Waals surface area contributed by atoms with Crippen LogP contribution in [0.3, 0.4) is 0 Å². The summed E-state index contributed by atoms with van der Waals surface area (Å²) in [6, 6.07) is 10.1. The summed E-state index contributed by atoms with van der Waals surface area (Å²) in [6.07, 6.45) is 0. The summed E-state index contributed by atoms with van der Waals surface area (Å²) in [5, 5.41) is 4.01. The van der Waals surface area contributed by atoms with Crippen LogP contribution in [0, 0.1) is 5.92 Å². The van der Waals surface area contributed by atoms with Crippen molar-refractivity contribution in [1.29, 1.82) is 0 Å². The van der Waals surface area contributed by atoms with Crippen molar-refractivity contribution in [3.8, 4) is 0 Å². The summed E-state index contributed by atoms with van der Waals surface area (Å²) in [7, 11) is 1.57. The molecule has 1 aromatic rings. The van der Waals surface area contributed by atoms with Gasteiger partial charge < -0.3 is 4.84 Å². The van der Waals surface area contributed by atoms with E-state index in [1.54, 1.807) is 7.11 Å². The molecule has 0 aliphatic carbocycles. The van der Waals surface area contributed by atoms with Crippen molar-refractivity contribution < 1.29 is 4.84 Å². The maximum absolute atomic E-state index is 4.81. The Morgan fingerprint density at radius 2 is 1.85 bits per heavy atom. The molecule has 2 heteroatoms. The molecule has 0 N–H and O–H groups in total. The highest BCUT2D eigenvalue weighted by atomic mass is 16.6. The molecule has 0 spiro atoms. The van der Waals surface area contributed by atoms with Gasteiger partial charge in [0.25, 0.3) is 0 Å². The molecule has 1 aromatic carbocycles. The second kappa shape index (κ2) is 4.65. The van der Waals surface area contributed by atoms with E-state index in [9.17, 15) is 0 Å². The van der Waals surface area contributed by atoms with Gasteiger partial charge in [-0.05, 0) is 11.5 Å². The highest BCUT2D eigenvalue weighted by molar-refractivity contribution is 6.01. The molecular formula is C11H15NO. The molecule has 0 saturated carbocycles. The Hall–Kier alpha value is -1.31. The summed E-state index contributed by atoms with van der Waals surface area (Å²) in [6.45, 7) is 4.20. The lowest BCUT2D eigenvalue weighted by Gasteiger charge is -2.08. The summed E-state index contributed by atoms with van der Waals surface area (Å²) < 4.78 is 0. The molecule has 0 fully saturated rings. The van der Waals surface area contributed by atoms with Crippen molar-refractivity contribution in [2.45, 2.75) is 13.8 Å². The van der Waals surface area contributed by atoms with Gasteiger partial charge in [0.05, 0.1) is 5.71 Å². The number of oxime groups is 1. The van der Waals surface area contributed by atoms with Crippen LogP contribution in [0.15, 0.2) is 35.5 Å². The molecule has 0 bridgehead atoms. The highest BCUT2D eigenvalue weighted by Crippen LogP contribution is 2.09. The molecular weight excluding hydrogens is 162 g/mol. The van der Waals surface area contributed by atoms with Crippen LogP contribution in [0.5, 0.6) is 0 Å². The minimum atomic E-state index is 0.377. The fourth-order valence-corrected chi connectivity index (χ4v) is 1.20. The lowest BCUT2D eigenvalue weighted by atomic mass is 10.0. The number of rotatable bonds is 3. The smallest absolute Gasteiger partial charge is 0.106 e. The zero-order valence-corrected chi connectivity index (χ0v) is 8.32. The van der Waals surface area contributed by atoms with E-state index in [2.05, 4.69) is 19.0 Å². The van der Waals surface area contributed by atoms with Gasteiger partial charge in [-0.3, -0.25) is 0 Å². The molecule has 1 rings (SSSR count). The van der Waals surface area contributed by atoms with Crippen molar-refractivity contribution in [1.82, 2.24) is 0 Å². The van der Waals surface area contributed by atoms with Crippen LogP contribution in [0.1, 0.15) is 19.4 Å². The van der Waals surface area contributed by atoms with Crippen LogP contribution in [-0.4, -0.2) is 12.8 Å². The lowest BCUT2D eigenvalue weighted by molar-refractivity contribution is 0.212. The van der Waals surface area contributed by atoms with Gasteiger partial charge in [-0.2, -0.15) is 0 Å². The SMILES string of the molecule is CO/N=C(/c1ccccc1)C(C)C. The third kappa shape index (κ3) is 2.58. The molecule has 0 radical (unpaired) electrons. The van der Waals surface area contributed by atoms with E-state index < -0.39 is 0 Å². The maximum Gasteiger partial charge on any atom is 0.106 e. The van der Waals surface area contributed by atoms with E-state index >= 15 is 0 Å². The van der Waals surface area contributed by atoms with Crippen LogP contribution in [0.2, 0.25) is 0 Å². The molecule has 0 atom stereocenters. The first-order valence-corrected chi connectivity index (χ1v) is 4.42. The minimum absolute atomic E-state index is 0.377. The highest BCUT2D eigenvalue weighted by Gasteiger charge is 2.07. The normalized spacial score (nSPS) is 11.8. The second-order valence-electron chi connectivity index (χ2n) is 3.18. The molecule has 0 saturated heterocycles. The second-order valence-corrected chi connectivity index (χ2v) is 3.18. The van der Waals surface area contributed by atoms with Gasteiger partial charge in [-0.1, -0.05) is 49.3 Å². The maximum atomic E-state index is 4.81. The Balaban J connectivity index is 2.96. The van der Waals surface area contributed by atoms with Crippen molar-refractivity contribution >= 4 is 5.71 Å². The van der Waals surface area contributed by atoms with Gasteiger partial charge in [-0.25, -0.2) is 0 Å². The Bertz CT molecular complexity index is 277. The zero-order chi connectivity index (χ0) is 9.68. The molecule has 13 heavy (non-hydrogen) atoms. The van der Waals surface area contributed by atoms with Gasteiger partial charge in [0.15, 0.2) is 0 Å². The average Bonchev–Trinajstić information content (AvgIpc) is 2.15. The third-order valence-electron chi connectivity index (χ3n) is 1.81. The number of hydrogen-bond donors (Lipinski definition) is 0. The molecule has 0 amide bonds. The van der Waals surface area contributed by atoms with Gasteiger partial charge in [0, 0.05) is 0 Å². The van der Waals surface area contributed by atoms with E-state index in [4.69, 9.17) is 4.84 Å². The Labute approximate surface area is 79.2 Å². The van der Waals surface area contributed by atoms with E-state index in [1.807, 2.05) is 30.3 Å². The lowest BCUT2D eigenvalue weighted by Crippen LogP contribution is -2.09. The predicted molar refractivity (Wildman–Crippen MR) is 54.8 cm³/mol. The topological polar surface area (TPSA) is 21.6 Å². The standard InChI is InChI=1S/C11H15NO/c1-9(2)11(12-13-3)10-7-5-4-6-8-10/h4-9H,1-3H3/b12-11+. The summed E-state index contributed by atoms with van der Waals surface area (Å²) in [5.74, 6) is 0.377. The van der Waals surface area contributed by atoms with E-state index in [1.165, 1.54) is 0 Å². The van der Waals surface area contributed by atoms with E-state index in [0.29, 0.717) is 5.92 Å². The molecule has 0 aliphatic rings. The van der Waals surface area contributed by atoms with Crippen molar-refractivity contribution in [3.63, 3.8) is 0 Å². The van der Waals surface area contributed by atoms with Crippen molar-refractivity contribution in [2.75, 3.05) is 7.11 Å². The summed E-state index contributed by atoms with van der Waals surface area (Å²) in [4.78, 5) is 4.81. The molecule has 0 unspecified atom stereocenters. The van der Waals surface area contributed by atoms with Crippen LogP contribution in [0.25, 0.3) is 0 Å². The fourth-order valence-electron chi connectivity index (χ4n) is 1.20. The molecule has 0 aliphatic heterocycles. The zero-order valence-electron chi connectivity index (χ0n) is 8.32. The number of hydrogen-bond acceptors (Lipinski definition) is 2. The molecule has 2 nitrogen and oxygen atoms in total. The Morgan fingerprint density at radius 1 is 1.23 bits per heavy atom. The molecule has 0 heterocycles. The van der Waals surface area contributed by atoms with Gasteiger partial charge in [0.2, 0.25) is 0 Å². The summed E-state index contributed by atoms with van der Waals surface area (Å²) >= 11 is 0. The molecule has 0 aromatic heterocycles. The first kappa shape index (κ1) is 9.78.